The second-order valence-electron chi connectivity index (χ2n) is 1.63. The van der Waals surface area contributed by atoms with Gasteiger partial charge in [0.1, 0.15) is 13.1 Å². The van der Waals surface area contributed by atoms with Crippen molar-refractivity contribution in [2.45, 2.75) is 13.8 Å². The normalized spacial score (nSPS) is 9.00. The summed E-state index contributed by atoms with van der Waals surface area (Å²) in [6, 6.07) is 0. The molecule has 0 aromatic carbocycles. The first-order chi connectivity index (χ1) is 4.63. The van der Waals surface area contributed by atoms with Crippen LogP contribution >= 0.6 is 0 Å². The zero-order valence-corrected chi connectivity index (χ0v) is 5.98. The van der Waals surface area contributed by atoms with Crippen molar-refractivity contribution in [2.24, 2.45) is 0 Å². The predicted molar refractivity (Wildman–Crippen MR) is 33.5 cm³/mol. The molecule has 60 valence electrons. The summed E-state index contributed by atoms with van der Waals surface area (Å²) in [6.45, 7) is 4.05. The van der Waals surface area contributed by atoms with E-state index in [2.05, 4.69) is 0 Å². The molecule has 0 heterocycles. The molecule has 0 radical (unpaired) electrons. The van der Waals surface area contributed by atoms with Crippen molar-refractivity contribution in [1.29, 1.82) is 0 Å². The van der Waals surface area contributed by atoms with Crippen LogP contribution in [0.1, 0.15) is 13.8 Å². The van der Waals surface area contributed by atoms with Gasteiger partial charge in [0.25, 0.3) is 0 Å². The van der Waals surface area contributed by atoms with Gasteiger partial charge in [0.15, 0.2) is 4.97 Å². The minimum Gasteiger partial charge on any atom is -0.657 e. The van der Waals surface area contributed by atoms with Gasteiger partial charge in [0.05, 0.1) is 0 Å². The van der Waals surface area contributed by atoms with Gasteiger partial charge in [-0.2, -0.15) is 0 Å². The Balaban J connectivity index is 4.15. The van der Waals surface area contributed by atoms with Crippen LogP contribution in [0.3, 0.4) is 0 Å². The topological polar surface area (TPSA) is 78.4 Å². The predicted octanol–water partition coefficient (Wildman–Crippen LogP) is 0.214. The highest BCUT2D eigenvalue weighted by Gasteiger charge is 2.12. The summed E-state index contributed by atoms with van der Waals surface area (Å²) in [5.74, 6) is 0. The molecule has 0 atom stereocenters. The number of hydrogen-bond donors (Lipinski definition) is 0. The van der Waals surface area contributed by atoms with E-state index in [1.165, 1.54) is 0 Å². The molecule has 0 aromatic heterocycles. The molecule has 0 fully saturated rings. The highest BCUT2D eigenvalue weighted by Crippen LogP contribution is 1.87. The molecule has 0 aliphatic heterocycles. The zero-order valence-electron chi connectivity index (χ0n) is 5.98. The minimum atomic E-state index is -0.993. The van der Waals surface area contributed by atoms with Crippen LogP contribution < -0.4 is 0 Å². The van der Waals surface area contributed by atoms with E-state index in [1.807, 2.05) is 0 Å². The van der Waals surface area contributed by atoms with Crippen molar-refractivity contribution in [3.63, 3.8) is 0 Å². The Morgan fingerprint density at radius 3 is 1.60 bits per heavy atom. The van der Waals surface area contributed by atoms with E-state index in [0.717, 1.165) is 5.01 Å². The fourth-order valence-electron chi connectivity index (χ4n) is 0.569. The molecule has 0 spiro atoms. The summed E-state index contributed by atoms with van der Waals surface area (Å²) in [6.07, 6.45) is 0. The first-order valence-electron chi connectivity index (χ1n) is 2.99. The summed E-state index contributed by atoms with van der Waals surface area (Å²) in [5.41, 5.74) is 0. The number of nitrogens with zero attached hydrogens (tertiary/aromatic N) is 3. The summed E-state index contributed by atoms with van der Waals surface area (Å²) >= 11 is 0. The van der Waals surface area contributed by atoms with E-state index in [0.29, 0.717) is 13.1 Å². The third kappa shape index (κ3) is 1.96. The van der Waals surface area contributed by atoms with Crippen molar-refractivity contribution >= 4 is 0 Å². The SMILES string of the molecule is CCN(CC)[N+]([O-])=[N+]([O-])[O-]. The molecule has 0 saturated carbocycles. The van der Waals surface area contributed by atoms with Gasteiger partial charge in [0.2, 0.25) is 0 Å². The Bertz CT molecular complexity index is 128. The Kier molecular flexibility index (Phi) is 3.30. The molecular weight excluding hydrogens is 138 g/mol. The van der Waals surface area contributed by atoms with Gasteiger partial charge in [-0.05, 0) is 23.9 Å². The lowest BCUT2D eigenvalue weighted by molar-refractivity contribution is -1.02. The zero-order chi connectivity index (χ0) is 8.15. The largest absolute Gasteiger partial charge is 0.657 e. The molecule has 10 heavy (non-hydrogen) atoms. The molecule has 0 rings (SSSR count). The third-order valence-corrected chi connectivity index (χ3v) is 1.11. The van der Waals surface area contributed by atoms with Gasteiger partial charge in [0, 0.05) is 0 Å². The lowest BCUT2D eigenvalue weighted by atomic mass is 10.6. The van der Waals surface area contributed by atoms with Crippen LogP contribution in [0, 0.1) is 15.6 Å². The van der Waals surface area contributed by atoms with Crippen LogP contribution in [-0.4, -0.2) is 28.1 Å². The van der Waals surface area contributed by atoms with Gasteiger partial charge in [-0.15, -0.1) is 0 Å². The molecule has 0 saturated heterocycles. The smallest absolute Gasteiger partial charge is 0.168 e. The average Bonchev–Trinajstić information content (AvgIpc) is 1.90. The van der Waals surface area contributed by atoms with Gasteiger partial charge in [-0.25, -0.2) is 0 Å². The fraction of sp³-hybridized carbons (Fsp3) is 1.00. The van der Waals surface area contributed by atoms with Gasteiger partial charge >= 0.3 is 0 Å². The lowest BCUT2D eigenvalue weighted by Gasteiger charge is -2.13. The Morgan fingerprint density at radius 1 is 1.10 bits per heavy atom. The summed E-state index contributed by atoms with van der Waals surface area (Å²) < 4.78 is 0. The van der Waals surface area contributed by atoms with Crippen LogP contribution in [-0.2, 0) is 0 Å². The monoisotopic (exact) mass is 148 g/mol. The van der Waals surface area contributed by atoms with E-state index < -0.39 is 5.02 Å². The van der Waals surface area contributed by atoms with Crippen molar-refractivity contribution in [2.75, 3.05) is 13.1 Å². The van der Waals surface area contributed by atoms with E-state index in [-0.39, 0.29) is 4.97 Å². The molecular formula is C4H10N3O3-. The molecule has 0 bridgehead atoms. The standard InChI is InChI=1S/C4H10N3O3/c1-3-5(4-2)6(8)7(9)10/h3-4H2,1-2H3/q-1. The van der Waals surface area contributed by atoms with Gasteiger partial charge < -0.3 is 15.6 Å². The van der Waals surface area contributed by atoms with Crippen LogP contribution in [0.2, 0.25) is 0 Å². The van der Waals surface area contributed by atoms with Gasteiger partial charge in [-0.3, -0.25) is 0 Å². The summed E-state index contributed by atoms with van der Waals surface area (Å²) in [5, 5.41) is 30.2. The average molecular weight is 148 g/mol. The highest BCUT2D eigenvalue weighted by atomic mass is 16.8. The first-order valence-corrected chi connectivity index (χ1v) is 2.99. The minimum absolute atomic E-state index is 0.250. The van der Waals surface area contributed by atoms with Crippen molar-refractivity contribution in [3.05, 3.63) is 15.6 Å². The third-order valence-electron chi connectivity index (χ3n) is 1.11. The number of hydrogen-bond acceptors (Lipinski definition) is 3. The molecule has 6 nitrogen and oxygen atoms in total. The molecule has 0 aromatic rings. The maximum Gasteiger partial charge on any atom is 0.168 e. The number of rotatable bonds is 3. The van der Waals surface area contributed by atoms with Crippen LogP contribution in [0.25, 0.3) is 0 Å². The highest BCUT2D eigenvalue weighted by molar-refractivity contribution is 4.29. The lowest BCUT2D eigenvalue weighted by Crippen LogP contribution is -2.34. The second-order valence-corrected chi connectivity index (χ2v) is 1.63. The number of hydrazine groups is 1. The maximum absolute atomic E-state index is 10.4. The molecule has 0 amide bonds. The van der Waals surface area contributed by atoms with Crippen molar-refractivity contribution in [1.82, 2.24) is 5.01 Å². The Morgan fingerprint density at radius 2 is 1.50 bits per heavy atom. The van der Waals surface area contributed by atoms with E-state index >= 15 is 0 Å². The van der Waals surface area contributed by atoms with E-state index in [4.69, 9.17) is 0 Å². The summed E-state index contributed by atoms with van der Waals surface area (Å²) in [7, 11) is 0. The first kappa shape index (κ1) is 8.80. The molecule has 0 aliphatic rings. The molecule has 0 aliphatic carbocycles. The summed E-state index contributed by atoms with van der Waals surface area (Å²) in [4.78, 5) is -0.250. The van der Waals surface area contributed by atoms with Crippen molar-refractivity contribution in [3.8, 4) is 0 Å². The van der Waals surface area contributed by atoms with Crippen LogP contribution in [0.4, 0.5) is 0 Å². The van der Waals surface area contributed by atoms with E-state index in [9.17, 15) is 15.6 Å². The van der Waals surface area contributed by atoms with Crippen LogP contribution in [0.5, 0.6) is 0 Å². The second kappa shape index (κ2) is 3.76. The molecule has 6 heteroatoms. The molecule has 0 N–H and O–H groups in total. The van der Waals surface area contributed by atoms with Crippen molar-refractivity contribution < 1.29 is 9.99 Å². The van der Waals surface area contributed by atoms with Crippen LogP contribution in [0.15, 0.2) is 0 Å². The fourth-order valence-corrected chi connectivity index (χ4v) is 0.569. The Labute approximate surface area is 58.7 Å². The van der Waals surface area contributed by atoms with Gasteiger partial charge in [-0.1, -0.05) is 0 Å². The maximum atomic E-state index is 10.4. The molecule has 0 unspecified atom stereocenters. The quantitative estimate of drug-likeness (QED) is 0.325. The Hall–Kier alpha value is -1.20. The van der Waals surface area contributed by atoms with E-state index in [1.54, 1.807) is 13.8 Å².